The lowest BCUT2D eigenvalue weighted by molar-refractivity contribution is 0.580. The Hall–Kier alpha value is -3.00. The van der Waals surface area contributed by atoms with Crippen molar-refractivity contribution in [2.75, 3.05) is 0 Å². The fourth-order valence-corrected chi connectivity index (χ4v) is 3.81. The topological polar surface area (TPSA) is 82.7 Å². The highest BCUT2D eigenvalue weighted by Crippen LogP contribution is 2.19. The van der Waals surface area contributed by atoms with Gasteiger partial charge in [0.1, 0.15) is 5.52 Å². The zero-order valence-corrected chi connectivity index (χ0v) is 15.5. The highest BCUT2D eigenvalue weighted by molar-refractivity contribution is 7.98. The minimum Gasteiger partial charge on any atom is -0.287 e. The third-order valence-electron chi connectivity index (χ3n) is 4.22. The van der Waals surface area contributed by atoms with Gasteiger partial charge in [-0.2, -0.15) is 4.68 Å². The molecule has 27 heavy (non-hydrogen) atoms. The van der Waals surface area contributed by atoms with Gasteiger partial charge in [-0.25, -0.2) is 4.98 Å². The maximum Gasteiger partial charge on any atom is 0.278 e. The summed E-state index contributed by atoms with van der Waals surface area (Å²) in [7, 11) is 0. The lowest BCUT2D eigenvalue weighted by Gasteiger charge is -2.12. The third-order valence-corrected chi connectivity index (χ3v) is 5.16. The van der Waals surface area contributed by atoms with E-state index < -0.39 is 0 Å². The van der Waals surface area contributed by atoms with Crippen LogP contribution in [-0.2, 0) is 12.4 Å². The molecule has 0 unspecified atom stereocenters. The van der Waals surface area contributed by atoms with Crippen LogP contribution in [-0.4, -0.2) is 24.5 Å². The maximum atomic E-state index is 12.8. The molecule has 136 valence electrons. The Balaban J connectivity index is 1.73. The molecule has 0 atom stereocenters. The van der Waals surface area contributed by atoms with Gasteiger partial charge in [-0.1, -0.05) is 48.2 Å². The van der Waals surface area contributed by atoms with Gasteiger partial charge < -0.3 is 0 Å². The molecule has 0 saturated carbocycles. The summed E-state index contributed by atoms with van der Waals surface area (Å²) < 4.78 is 2.96. The number of hydrogen-bond acceptors (Lipinski definition) is 6. The van der Waals surface area contributed by atoms with Gasteiger partial charge >= 0.3 is 0 Å². The molecule has 0 N–H and O–H groups in total. The van der Waals surface area contributed by atoms with E-state index in [1.54, 1.807) is 28.8 Å². The monoisotopic (exact) mass is 379 g/mol. The van der Waals surface area contributed by atoms with Crippen LogP contribution in [0.4, 0.5) is 0 Å². The van der Waals surface area contributed by atoms with E-state index in [9.17, 15) is 9.59 Å². The van der Waals surface area contributed by atoms with Crippen LogP contribution in [0.25, 0.3) is 21.8 Å². The number of rotatable bonds is 5. The van der Waals surface area contributed by atoms with Crippen LogP contribution < -0.4 is 11.1 Å². The molecule has 0 bridgehead atoms. The Morgan fingerprint density at radius 2 is 1.59 bits per heavy atom. The molecule has 2 aromatic heterocycles. The van der Waals surface area contributed by atoms with E-state index in [1.165, 1.54) is 16.4 Å². The predicted octanol–water partition coefficient (Wildman–Crippen LogP) is 2.66. The fraction of sp³-hybridized carbons (Fsp3) is 0.211. The van der Waals surface area contributed by atoms with Gasteiger partial charge in [0, 0.05) is 6.54 Å². The third kappa shape index (κ3) is 3.23. The van der Waals surface area contributed by atoms with E-state index in [0.29, 0.717) is 33.5 Å². The molecular weight excluding hydrogens is 362 g/mol. The Morgan fingerprint density at radius 1 is 0.926 bits per heavy atom. The molecule has 4 rings (SSSR count). The average Bonchev–Trinajstić information content (AvgIpc) is 2.70. The number of nitrogens with zero attached hydrogens (tertiary/aromatic N) is 5. The van der Waals surface area contributed by atoms with Crippen LogP contribution in [0.3, 0.4) is 0 Å². The van der Waals surface area contributed by atoms with Crippen LogP contribution in [0, 0.1) is 0 Å². The number of para-hydroxylation sites is 1. The normalized spacial score (nSPS) is 11.3. The van der Waals surface area contributed by atoms with Crippen LogP contribution in [0.2, 0.25) is 0 Å². The van der Waals surface area contributed by atoms with Crippen molar-refractivity contribution in [3.8, 4) is 0 Å². The van der Waals surface area contributed by atoms with Gasteiger partial charge in [0.05, 0.1) is 22.2 Å². The van der Waals surface area contributed by atoms with E-state index in [-0.39, 0.29) is 17.0 Å². The van der Waals surface area contributed by atoms with Crippen molar-refractivity contribution in [2.24, 2.45) is 0 Å². The Morgan fingerprint density at radius 3 is 2.33 bits per heavy atom. The highest BCUT2D eigenvalue weighted by Gasteiger charge is 2.12. The summed E-state index contributed by atoms with van der Waals surface area (Å²) >= 11 is 1.30. The van der Waals surface area contributed by atoms with Crippen molar-refractivity contribution < 1.29 is 0 Å². The minimum absolute atomic E-state index is 0.0677. The van der Waals surface area contributed by atoms with Crippen LogP contribution in [0.5, 0.6) is 0 Å². The first-order valence-electron chi connectivity index (χ1n) is 8.64. The SMILES string of the molecule is CCCn1c(SCn2nnc3ccccc3c2=O)nc2ccccc2c1=O. The second-order valence-corrected chi connectivity index (χ2v) is 6.97. The van der Waals surface area contributed by atoms with Crippen molar-refractivity contribution >= 4 is 33.6 Å². The van der Waals surface area contributed by atoms with Gasteiger partial charge in [-0.05, 0) is 30.7 Å². The molecular formula is C19H17N5O2S. The standard InChI is InChI=1S/C19H17N5O2S/c1-2-11-23-17(25)13-7-3-5-9-15(13)20-19(23)27-12-24-18(26)14-8-4-6-10-16(14)21-22-24/h3-10H,2,11-12H2,1H3. The van der Waals surface area contributed by atoms with Crippen LogP contribution >= 0.6 is 11.8 Å². The fourth-order valence-electron chi connectivity index (χ4n) is 2.91. The molecule has 2 aromatic carbocycles. The quantitative estimate of drug-likeness (QED) is 0.392. The molecule has 0 radical (unpaired) electrons. The van der Waals surface area contributed by atoms with Crippen molar-refractivity contribution in [1.29, 1.82) is 0 Å². The van der Waals surface area contributed by atoms with E-state index in [1.807, 2.05) is 31.2 Å². The second kappa shape index (κ2) is 7.32. The summed E-state index contributed by atoms with van der Waals surface area (Å²) in [5, 5.41) is 9.78. The Bertz CT molecular complexity index is 1250. The largest absolute Gasteiger partial charge is 0.287 e. The van der Waals surface area contributed by atoms with Gasteiger partial charge in [0.25, 0.3) is 11.1 Å². The van der Waals surface area contributed by atoms with Gasteiger partial charge in [-0.3, -0.25) is 14.2 Å². The highest BCUT2D eigenvalue weighted by atomic mass is 32.2. The van der Waals surface area contributed by atoms with Gasteiger partial charge in [-0.15, -0.1) is 5.10 Å². The van der Waals surface area contributed by atoms with E-state index >= 15 is 0 Å². The first kappa shape index (κ1) is 17.4. The molecule has 0 aliphatic carbocycles. The predicted molar refractivity (Wildman–Crippen MR) is 106 cm³/mol. The molecule has 0 saturated heterocycles. The molecule has 0 aliphatic rings. The summed E-state index contributed by atoms with van der Waals surface area (Å²) in [6.45, 7) is 2.58. The number of hydrogen-bond donors (Lipinski definition) is 0. The van der Waals surface area contributed by atoms with Crippen LogP contribution in [0.15, 0.2) is 63.3 Å². The molecule has 0 spiro atoms. The maximum absolute atomic E-state index is 12.8. The molecule has 8 heteroatoms. The van der Waals surface area contributed by atoms with Gasteiger partial charge in [0.2, 0.25) is 0 Å². The second-order valence-electron chi connectivity index (χ2n) is 6.05. The molecule has 4 aromatic rings. The molecule has 0 amide bonds. The van der Waals surface area contributed by atoms with E-state index in [0.717, 1.165) is 6.42 Å². The zero-order chi connectivity index (χ0) is 18.8. The van der Waals surface area contributed by atoms with Crippen molar-refractivity contribution in [3.63, 3.8) is 0 Å². The van der Waals surface area contributed by atoms with Gasteiger partial charge in [0.15, 0.2) is 5.16 Å². The summed E-state index contributed by atoms with van der Waals surface area (Å²) in [4.78, 5) is 30.0. The smallest absolute Gasteiger partial charge is 0.278 e. The Kier molecular flexibility index (Phi) is 4.72. The summed E-state index contributed by atoms with van der Waals surface area (Å²) in [6, 6.07) is 14.4. The molecule has 0 fully saturated rings. The van der Waals surface area contributed by atoms with E-state index in [2.05, 4.69) is 15.3 Å². The minimum atomic E-state index is -0.210. The number of aromatic nitrogens is 5. The average molecular weight is 379 g/mol. The van der Waals surface area contributed by atoms with Crippen molar-refractivity contribution in [3.05, 3.63) is 69.2 Å². The molecule has 7 nitrogen and oxygen atoms in total. The first-order chi connectivity index (χ1) is 13.2. The van der Waals surface area contributed by atoms with E-state index in [4.69, 9.17) is 0 Å². The lowest BCUT2D eigenvalue weighted by atomic mass is 10.2. The summed E-state index contributed by atoms with van der Waals surface area (Å²) in [5.74, 6) is 0.227. The summed E-state index contributed by atoms with van der Waals surface area (Å²) in [6.07, 6.45) is 0.809. The van der Waals surface area contributed by atoms with Crippen molar-refractivity contribution in [2.45, 2.75) is 30.9 Å². The molecule has 2 heterocycles. The first-order valence-corrected chi connectivity index (χ1v) is 9.62. The summed E-state index contributed by atoms with van der Waals surface area (Å²) in [5.41, 5.74) is 0.935. The zero-order valence-electron chi connectivity index (χ0n) is 14.7. The number of benzene rings is 2. The Labute approximate surface area is 158 Å². The lowest BCUT2D eigenvalue weighted by Crippen LogP contribution is -2.25. The number of thioether (sulfide) groups is 1. The number of fused-ring (bicyclic) bond motifs is 2. The van der Waals surface area contributed by atoms with Crippen LogP contribution in [0.1, 0.15) is 13.3 Å². The molecule has 0 aliphatic heterocycles. The van der Waals surface area contributed by atoms with Crippen molar-refractivity contribution in [1.82, 2.24) is 24.5 Å².